The molecule has 1 heterocycles. The van der Waals surface area contributed by atoms with Crippen molar-refractivity contribution in [2.45, 2.75) is 6.54 Å². The number of hydrogen-bond acceptors (Lipinski definition) is 3. The van der Waals surface area contributed by atoms with Crippen molar-refractivity contribution in [1.29, 1.82) is 0 Å². The Labute approximate surface area is 105 Å². The van der Waals surface area contributed by atoms with Gasteiger partial charge in [0.2, 0.25) is 0 Å². The standard InChI is InChI=1S/C11H9BrFN3O/c12-10-9(6-15-16-11(10)17)14-5-7-1-3-8(13)4-2-7/h1-4,6H,5H2,(H2,14,16,17). The molecule has 0 aliphatic heterocycles. The summed E-state index contributed by atoms with van der Waals surface area (Å²) in [6.45, 7) is 0.490. The van der Waals surface area contributed by atoms with Crippen molar-refractivity contribution >= 4 is 21.6 Å². The van der Waals surface area contributed by atoms with Crippen molar-refractivity contribution in [2.24, 2.45) is 0 Å². The lowest BCUT2D eigenvalue weighted by Crippen LogP contribution is -2.12. The molecule has 6 heteroatoms. The number of aromatic amines is 1. The molecule has 0 saturated carbocycles. The molecule has 17 heavy (non-hydrogen) atoms. The van der Waals surface area contributed by atoms with E-state index in [-0.39, 0.29) is 11.4 Å². The lowest BCUT2D eigenvalue weighted by atomic mass is 10.2. The van der Waals surface area contributed by atoms with Crippen LogP contribution in [-0.2, 0) is 6.54 Å². The average Bonchev–Trinajstić information content (AvgIpc) is 2.33. The molecule has 0 spiro atoms. The summed E-state index contributed by atoms with van der Waals surface area (Å²) in [5.41, 5.74) is 1.21. The minimum atomic E-state index is -0.297. The molecular weight excluding hydrogens is 289 g/mol. The highest BCUT2D eigenvalue weighted by atomic mass is 79.9. The predicted octanol–water partition coefficient (Wildman–Crippen LogP) is 2.28. The van der Waals surface area contributed by atoms with Gasteiger partial charge in [0.15, 0.2) is 0 Å². The summed E-state index contributed by atoms with van der Waals surface area (Å²) in [7, 11) is 0. The van der Waals surface area contributed by atoms with Gasteiger partial charge in [-0.05, 0) is 33.6 Å². The minimum Gasteiger partial charge on any atom is -0.379 e. The summed E-state index contributed by atoms with van der Waals surface area (Å²) in [4.78, 5) is 11.2. The second-order valence-electron chi connectivity index (χ2n) is 3.41. The zero-order valence-electron chi connectivity index (χ0n) is 8.71. The fraction of sp³-hybridized carbons (Fsp3) is 0.0909. The smallest absolute Gasteiger partial charge is 0.280 e. The van der Waals surface area contributed by atoms with E-state index in [1.165, 1.54) is 18.3 Å². The first kappa shape index (κ1) is 11.8. The topological polar surface area (TPSA) is 57.8 Å². The van der Waals surface area contributed by atoms with Gasteiger partial charge in [0.05, 0.1) is 11.9 Å². The molecule has 0 unspecified atom stereocenters. The van der Waals surface area contributed by atoms with E-state index in [4.69, 9.17) is 0 Å². The monoisotopic (exact) mass is 297 g/mol. The molecule has 0 saturated heterocycles. The summed E-state index contributed by atoms with van der Waals surface area (Å²) >= 11 is 3.16. The number of H-pyrrole nitrogens is 1. The van der Waals surface area contributed by atoms with Crippen molar-refractivity contribution in [3.05, 3.63) is 56.7 Å². The maximum Gasteiger partial charge on any atom is 0.280 e. The number of nitrogens with one attached hydrogen (secondary N) is 2. The average molecular weight is 298 g/mol. The number of anilines is 1. The van der Waals surface area contributed by atoms with Gasteiger partial charge in [0.25, 0.3) is 5.56 Å². The van der Waals surface area contributed by atoms with Crippen LogP contribution in [0.1, 0.15) is 5.56 Å². The van der Waals surface area contributed by atoms with E-state index in [1.807, 2.05) is 0 Å². The Kier molecular flexibility index (Phi) is 3.53. The number of nitrogens with zero attached hydrogens (tertiary/aromatic N) is 1. The third-order valence-corrected chi connectivity index (χ3v) is 2.98. The van der Waals surface area contributed by atoms with Crippen molar-refractivity contribution in [3.8, 4) is 0 Å². The lowest BCUT2D eigenvalue weighted by molar-refractivity contribution is 0.627. The van der Waals surface area contributed by atoms with Gasteiger partial charge in [-0.3, -0.25) is 4.79 Å². The van der Waals surface area contributed by atoms with E-state index < -0.39 is 0 Å². The van der Waals surface area contributed by atoms with Crippen molar-refractivity contribution in [1.82, 2.24) is 10.2 Å². The quantitative estimate of drug-likeness (QED) is 0.914. The van der Waals surface area contributed by atoms with E-state index in [1.54, 1.807) is 12.1 Å². The molecule has 2 N–H and O–H groups in total. The van der Waals surface area contributed by atoms with Gasteiger partial charge in [-0.1, -0.05) is 12.1 Å². The Morgan fingerprint density at radius 2 is 2.06 bits per heavy atom. The van der Waals surface area contributed by atoms with E-state index in [2.05, 4.69) is 31.4 Å². The van der Waals surface area contributed by atoms with Crippen LogP contribution in [0.2, 0.25) is 0 Å². The Balaban J connectivity index is 2.10. The first-order valence-corrected chi connectivity index (χ1v) is 5.67. The number of aromatic nitrogens is 2. The van der Waals surface area contributed by atoms with Crippen molar-refractivity contribution < 1.29 is 4.39 Å². The minimum absolute atomic E-state index is 0.271. The highest BCUT2D eigenvalue weighted by Crippen LogP contribution is 2.16. The molecule has 0 atom stereocenters. The molecule has 0 radical (unpaired) electrons. The van der Waals surface area contributed by atoms with Crippen molar-refractivity contribution in [2.75, 3.05) is 5.32 Å². The third kappa shape index (κ3) is 2.91. The SMILES string of the molecule is O=c1[nH]ncc(NCc2ccc(F)cc2)c1Br. The van der Waals surface area contributed by atoms with Gasteiger partial charge in [-0.25, -0.2) is 9.49 Å². The largest absolute Gasteiger partial charge is 0.379 e. The fourth-order valence-corrected chi connectivity index (χ4v) is 1.64. The highest BCUT2D eigenvalue weighted by Gasteiger charge is 2.03. The molecule has 0 bridgehead atoms. The van der Waals surface area contributed by atoms with Crippen LogP contribution in [0, 0.1) is 5.82 Å². The van der Waals surface area contributed by atoms with Gasteiger partial charge in [0, 0.05) is 6.54 Å². The van der Waals surface area contributed by atoms with Gasteiger partial charge in [0.1, 0.15) is 10.3 Å². The normalized spacial score (nSPS) is 10.2. The number of halogens is 2. The number of benzene rings is 1. The number of hydrogen-bond donors (Lipinski definition) is 2. The molecule has 0 amide bonds. The Hall–Kier alpha value is -1.69. The molecule has 2 aromatic rings. The molecule has 0 aliphatic rings. The summed E-state index contributed by atoms with van der Waals surface area (Å²) in [5.74, 6) is -0.271. The van der Waals surface area contributed by atoms with Crippen LogP contribution in [0.3, 0.4) is 0 Å². The molecule has 0 fully saturated rings. The molecule has 88 valence electrons. The predicted molar refractivity (Wildman–Crippen MR) is 66.3 cm³/mol. The fourth-order valence-electron chi connectivity index (χ4n) is 1.31. The second kappa shape index (κ2) is 5.09. The summed E-state index contributed by atoms with van der Waals surface area (Å²) in [6.07, 6.45) is 1.51. The van der Waals surface area contributed by atoms with Gasteiger partial charge in [-0.2, -0.15) is 5.10 Å². The highest BCUT2D eigenvalue weighted by molar-refractivity contribution is 9.10. The first-order valence-electron chi connectivity index (χ1n) is 4.88. The Morgan fingerprint density at radius 1 is 1.35 bits per heavy atom. The van der Waals surface area contributed by atoms with Gasteiger partial charge in [-0.15, -0.1) is 0 Å². The van der Waals surface area contributed by atoms with Crippen molar-refractivity contribution in [3.63, 3.8) is 0 Å². The maximum atomic E-state index is 12.7. The van der Waals surface area contributed by atoms with E-state index in [0.717, 1.165) is 5.56 Å². The first-order chi connectivity index (χ1) is 8.16. The van der Waals surface area contributed by atoms with Crippen LogP contribution < -0.4 is 10.9 Å². The number of rotatable bonds is 3. The Morgan fingerprint density at radius 3 is 2.76 bits per heavy atom. The summed E-state index contributed by atoms with van der Waals surface area (Å²) in [6, 6.07) is 6.14. The van der Waals surface area contributed by atoms with Crippen LogP contribution in [0.4, 0.5) is 10.1 Å². The summed E-state index contributed by atoms with van der Waals surface area (Å²) < 4.78 is 13.1. The molecule has 1 aromatic heterocycles. The van der Waals surface area contributed by atoms with Crippen LogP contribution >= 0.6 is 15.9 Å². The van der Waals surface area contributed by atoms with E-state index in [0.29, 0.717) is 16.7 Å². The molecule has 2 rings (SSSR count). The molecule has 4 nitrogen and oxygen atoms in total. The van der Waals surface area contributed by atoms with E-state index in [9.17, 15) is 9.18 Å². The lowest BCUT2D eigenvalue weighted by Gasteiger charge is -2.06. The van der Waals surface area contributed by atoms with Gasteiger partial charge >= 0.3 is 0 Å². The van der Waals surface area contributed by atoms with Crippen LogP contribution in [0.5, 0.6) is 0 Å². The van der Waals surface area contributed by atoms with Gasteiger partial charge < -0.3 is 5.32 Å². The van der Waals surface area contributed by atoms with E-state index >= 15 is 0 Å². The van der Waals surface area contributed by atoms with Crippen LogP contribution in [0.15, 0.2) is 39.7 Å². The molecular formula is C11H9BrFN3O. The molecule has 0 aliphatic carbocycles. The zero-order chi connectivity index (χ0) is 12.3. The third-order valence-electron chi connectivity index (χ3n) is 2.19. The zero-order valence-corrected chi connectivity index (χ0v) is 10.3. The van der Waals surface area contributed by atoms with Crippen LogP contribution in [0.25, 0.3) is 0 Å². The summed E-state index contributed by atoms with van der Waals surface area (Å²) in [5, 5.41) is 9.02. The van der Waals surface area contributed by atoms with Crippen LogP contribution in [-0.4, -0.2) is 10.2 Å². The maximum absolute atomic E-state index is 12.7. The Bertz CT molecular complexity index is 568. The molecule has 1 aromatic carbocycles. The second-order valence-corrected chi connectivity index (χ2v) is 4.20.